The van der Waals surface area contributed by atoms with Crippen molar-refractivity contribution in [3.05, 3.63) is 52.3 Å². The Labute approximate surface area is 136 Å². The molecule has 0 radical (unpaired) electrons. The molecule has 5 nitrogen and oxygen atoms in total. The van der Waals surface area contributed by atoms with Crippen LogP contribution in [0, 0.1) is 0 Å². The smallest absolute Gasteiger partial charge is 0.253 e. The Morgan fingerprint density at radius 1 is 1.23 bits per heavy atom. The Morgan fingerprint density at radius 2 is 2.00 bits per heavy atom. The largest absolute Gasteiger partial charge is 0.486 e. The van der Waals surface area contributed by atoms with E-state index in [1.807, 2.05) is 25.1 Å². The van der Waals surface area contributed by atoms with E-state index in [4.69, 9.17) is 9.47 Å². The third-order valence-corrected chi connectivity index (χ3v) is 3.81. The van der Waals surface area contributed by atoms with E-state index in [1.54, 1.807) is 12.3 Å². The number of amides is 1. The first-order valence-corrected chi connectivity index (χ1v) is 7.74. The number of hydrogen-bond acceptors (Lipinski definition) is 4. The highest BCUT2D eigenvalue weighted by Crippen LogP contribution is 2.32. The lowest BCUT2D eigenvalue weighted by molar-refractivity contribution is 0.0939. The molecule has 1 atom stereocenters. The van der Waals surface area contributed by atoms with Crippen molar-refractivity contribution in [2.45, 2.75) is 13.0 Å². The Bertz CT molecular complexity index is 706. The second-order valence-corrected chi connectivity index (χ2v) is 5.91. The molecule has 6 heteroatoms. The maximum absolute atomic E-state index is 12.2. The van der Waals surface area contributed by atoms with Crippen LogP contribution in [0.25, 0.3) is 0 Å². The predicted molar refractivity (Wildman–Crippen MR) is 85.3 cm³/mol. The monoisotopic (exact) mass is 362 g/mol. The van der Waals surface area contributed by atoms with Crippen molar-refractivity contribution in [2.75, 3.05) is 13.2 Å². The highest BCUT2D eigenvalue weighted by molar-refractivity contribution is 9.10. The van der Waals surface area contributed by atoms with Crippen LogP contribution in [-0.4, -0.2) is 24.1 Å². The van der Waals surface area contributed by atoms with E-state index in [0.717, 1.165) is 15.8 Å². The molecule has 0 bridgehead atoms. The van der Waals surface area contributed by atoms with Crippen molar-refractivity contribution >= 4 is 21.8 Å². The van der Waals surface area contributed by atoms with E-state index in [0.29, 0.717) is 24.5 Å². The minimum Gasteiger partial charge on any atom is -0.486 e. The second-order valence-electron chi connectivity index (χ2n) is 4.99. The first-order chi connectivity index (χ1) is 10.6. The molecule has 1 aromatic carbocycles. The number of fused-ring (bicyclic) bond motifs is 1. The number of ether oxygens (including phenoxy) is 2. The molecule has 0 saturated carbocycles. The Kier molecular flexibility index (Phi) is 4.29. The van der Waals surface area contributed by atoms with Crippen molar-refractivity contribution in [1.82, 2.24) is 10.3 Å². The zero-order chi connectivity index (χ0) is 15.5. The molecule has 0 spiro atoms. The molecule has 3 rings (SSSR count). The minimum atomic E-state index is -0.170. The first-order valence-electron chi connectivity index (χ1n) is 6.94. The van der Waals surface area contributed by atoms with Crippen LogP contribution in [0.2, 0.25) is 0 Å². The third-order valence-electron chi connectivity index (χ3n) is 3.38. The maximum atomic E-state index is 12.2. The van der Waals surface area contributed by atoms with Crippen molar-refractivity contribution in [3.8, 4) is 11.5 Å². The predicted octanol–water partition coefficient (Wildman–Crippen LogP) is 3.11. The minimum absolute atomic E-state index is 0.151. The first kappa shape index (κ1) is 14.8. The average molecular weight is 363 g/mol. The lowest BCUT2D eigenvalue weighted by Crippen LogP contribution is -2.27. The van der Waals surface area contributed by atoms with Gasteiger partial charge in [-0.05, 0) is 46.6 Å². The molecule has 2 aromatic rings. The van der Waals surface area contributed by atoms with Crippen molar-refractivity contribution in [2.24, 2.45) is 0 Å². The van der Waals surface area contributed by atoms with Crippen molar-refractivity contribution in [1.29, 1.82) is 0 Å². The van der Waals surface area contributed by atoms with Crippen LogP contribution in [0.3, 0.4) is 0 Å². The Hall–Kier alpha value is -2.08. The Balaban J connectivity index is 1.74. The van der Waals surface area contributed by atoms with Gasteiger partial charge in [-0.25, -0.2) is 0 Å². The molecule has 0 aliphatic carbocycles. The quantitative estimate of drug-likeness (QED) is 0.911. The summed E-state index contributed by atoms with van der Waals surface area (Å²) in [6.07, 6.45) is 3.18. The number of nitrogens with one attached hydrogen (secondary N) is 1. The summed E-state index contributed by atoms with van der Waals surface area (Å²) in [6.45, 7) is 3.03. The van der Waals surface area contributed by atoms with Crippen LogP contribution in [0.4, 0.5) is 0 Å². The summed E-state index contributed by atoms with van der Waals surface area (Å²) < 4.78 is 11.8. The average Bonchev–Trinajstić information content (AvgIpc) is 2.54. The van der Waals surface area contributed by atoms with Gasteiger partial charge in [0.25, 0.3) is 5.91 Å². The molecular weight excluding hydrogens is 348 g/mol. The molecule has 1 unspecified atom stereocenters. The molecule has 2 heterocycles. The fourth-order valence-corrected chi connectivity index (χ4v) is 2.59. The summed E-state index contributed by atoms with van der Waals surface area (Å²) in [5.74, 6) is 1.29. The zero-order valence-corrected chi connectivity index (χ0v) is 13.6. The van der Waals surface area contributed by atoms with Gasteiger partial charge in [-0.1, -0.05) is 6.07 Å². The highest BCUT2D eigenvalue weighted by atomic mass is 79.9. The van der Waals surface area contributed by atoms with Gasteiger partial charge in [0.15, 0.2) is 11.5 Å². The van der Waals surface area contributed by atoms with Gasteiger partial charge in [0.1, 0.15) is 13.2 Å². The molecule has 1 aliphatic rings. The van der Waals surface area contributed by atoms with Crippen LogP contribution in [0.1, 0.15) is 28.9 Å². The number of pyridine rings is 1. The fraction of sp³-hybridized carbons (Fsp3) is 0.250. The number of nitrogens with zero attached hydrogens (tertiary/aromatic N) is 1. The van der Waals surface area contributed by atoms with E-state index >= 15 is 0 Å². The lowest BCUT2D eigenvalue weighted by atomic mass is 10.1. The second kappa shape index (κ2) is 6.36. The number of halogens is 1. The molecule has 0 saturated heterocycles. The zero-order valence-electron chi connectivity index (χ0n) is 12.0. The van der Waals surface area contributed by atoms with E-state index in [1.165, 1.54) is 6.20 Å². The molecule has 22 heavy (non-hydrogen) atoms. The summed E-state index contributed by atoms with van der Waals surface area (Å²) in [5, 5.41) is 2.95. The normalized spacial score (nSPS) is 14.3. The molecule has 1 aliphatic heterocycles. The summed E-state index contributed by atoms with van der Waals surface area (Å²) in [7, 11) is 0. The van der Waals surface area contributed by atoms with Gasteiger partial charge >= 0.3 is 0 Å². The van der Waals surface area contributed by atoms with Gasteiger partial charge in [0.2, 0.25) is 0 Å². The number of carbonyl (C=O) groups excluding carboxylic acids is 1. The highest BCUT2D eigenvalue weighted by Gasteiger charge is 2.16. The number of aromatic nitrogens is 1. The van der Waals surface area contributed by atoms with E-state index in [-0.39, 0.29) is 11.9 Å². The number of rotatable bonds is 3. The molecule has 1 aromatic heterocycles. The summed E-state index contributed by atoms with van der Waals surface area (Å²) in [6, 6.07) is 7.28. The van der Waals surface area contributed by atoms with E-state index < -0.39 is 0 Å². The topological polar surface area (TPSA) is 60.5 Å². The number of benzene rings is 1. The van der Waals surface area contributed by atoms with Crippen LogP contribution in [-0.2, 0) is 0 Å². The molecule has 1 N–H and O–H groups in total. The van der Waals surface area contributed by atoms with Gasteiger partial charge in [-0.15, -0.1) is 0 Å². The molecule has 0 fully saturated rings. The lowest BCUT2D eigenvalue weighted by Gasteiger charge is -2.21. The third kappa shape index (κ3) is 3.22. The maximum Gasteiger partial charge on any atom is 0.253 e. The van der Waals surface area contributed by atoms with Crippen molar-refractivity contribution in [3.63, 3.8) is 0 Å². The summed E-state index contributed by atoms with van der Waals surface area (Å²) in [4.78, 5) is 16.2. The summed E-state index contributed by atoms with van der Waals surface area (Å²) >= 11 is 3.31. The van der Waals surface area contributed by atoms with Gasteiger partial charge in [0.05, 0.1) is 11.6 Å². The van der Waals surface area contributed by atoms with Crippen molar-refractivity contribution < 1.29 is 14.3 Å². The number of carbonyl (C=O) groups is 1. The van der Waals surface area contributed by atoms with Gasteiger partial charge in [0, 0.05) is 16.9 Å². The van der Waals surface area contributed by atoms with Crippen LogP contribution >= 0.6 is 15.9 Å². The van der Waals surface area contributed by atoms with Gasteiger partial charge in [-0.2, -0.15) is 0 Å². The number of hydrogen-bond donors (Lipinski definition) is 1. The molecular formula is C16H15BrN2O3. The van der Waals surface area contributed by atoms with Gasteiger partial charge in [-0.3, -0.25) is 9.78 Å². The summed E-state index contributed by atoms with van der Waals surface area (Å²) in [5.41, 5.74) is 1.47. The van der Waals surface area contributed by atoms with Crippen LogP contribution in [0.15, 0.2) is 41.1 Å². The fourth-order valence-electron chi connectivity index (χ4n) is 2.23. The SMILES string of the molecule is CC(NC(=O)c1cncc(Br)c1)c1ccc2c(c1)OCCO2. The Morgan fingerprint density at radius 3 is 2.77 bits per heavy atom. The molecule has 1 amide bonds. The standard InChI is InChI=1S/C16H15BrN2O3/c1-10(19-16(20)12-6-13(17)9-18-8-12)11-2-3-14-15(7-11)22-5-4-21-14/h2-3,6-10H,4-5H2,1H3,(H,19,20). The molecule has 114 valence electrons. The van der Waals surface area contributed by atoms with Gasteiger partial charge < -0.3 is 14.8 Å². The van der Waals surface area contributed by atoms with E-state index in [2.05, 4.69) is 26.2 Å². The van der Waals surface area contributed by atoms with E-state index in [9.17, 15) is 4.79 Å². The van der Waals surface area contributed by atoms with Crippen LogP contribution < -0.4 is 14.8 Å². The van der Waals surface area contributed by atoms with Crippen LogP contribution in [0.5, 0.6) is 11.5 Å².